The highest BCUT2D eigenvalue weighted by molar-refractivity contribution is 7.19. The summed E-state index contributed by atoms with van der Waals surface area (Å²) in [5, 5.41) is 4.19. The molecule has 0 spiro atoms. The second-order valence-corrected chi connectivity index (χ2v) is 7.46. The van der Waals surface area contributed by atoms with Crippen molar-refractivity contribution in [3.8, 4) is 22.1 Å². The van der Waals surface area contributed by atoms with Gasteiger partial charge in [-0.2, -0.15) is 0 Å². The summed E-state index contributed by atoms with van der Waals surface area (Å²) in [6, 6.07) is 7.27. The van der Waals surface area contributed by atoms with E-state index in [0.717, 1.165) is 9.88 Å². The van der Waals surface area contributed by atoms with Crippen LogP contribution < -0.4 is 5.32 Å². The number of carbonyl (C=O) groups is 1. The van der Waals surface area contributed by atoms with Gasteiger partial charge < -0.3 is 8.83 Å². The molecule has 6 nitrogen and oxygen atoms in total. The molecule has 0 fully saturated rings. The highest BCUT2D eigenvalue weighted by Crippen LogP contribution is 2.39. The van der Waals surface area contributed by atoms with Crippen molar-refractivity contribution in [3.63, 3.8) is 0 Å². The maximum Gasteiger partial charge on any atom is 0.269 e. The quantitative estimate of drug-likeness (QED) is 0.546. The van der Waals surface area contributed by atoms with Crippen LogP contribution in [0.25, 0.3) is 22.1 Å². The third-order valence-corrected chi connectivity index (χ3v) is 5.51. The SMILES string of the molecule is Cc1nc(C)c(C(=O)Nc2nc(-c3ccco3)c(-c3ccco3)s2)s1. The van der Waals surface area contributed by atoms with E-state index in [2.05, 4.69) is 15.3 Å². The van der Waals surface area contributed by atoms with Gasteiger partial charge in [0.1, 0.15) is 21.2 Å². The molecule has 1 amide bonds. The fraction of sp³-hybridized carbons (Fsp3) is 0.118. The molecular formula is C17H13N3O3S2. The number of amides is 1. The summed E-state index contributed by atoms with van der Waals surface area (Å²) in [4.78, 5) is 22.7. The van der Waals surface area contributed by atoms with E-state index in [9.17, 15) is 4.79 Å². The monoisotopic (exact) mass is 371 g/mol. The molecule has 4 rings (SSSR count). The number of anilines is 1. The normalized spacial score (nSPS) is 11.0. The number of thiazole rings is 2. The van der Waals surface area contributed by atoms with Gasteiger partial charge >= 0.3 is 0 Å². The minimum atomic E-state index is -0.214. The molecule has 0 radical (unpaired) electrons. The van der Waals surface area contributed by atoms with Gasteiger partial charge in [-0.1, -0.05) is 11.3 Å². The highest BCUT2D eigenvalue weighted by Gasteiger charge is 2.21. The number of carbonyl (C=O) groups excluding carboxylic acids is 1. The number of nitrogens with one attached hydrogen (secondary N) is 1. The fourth-order valence-electron chi connectivity index (χ4n) is 2.42. The number of hydrogen-bond acceptors (Lipinski definition) is 7. The Hall–Kier alpha value is -2.71. The first kappa shape index (κ1) is 15.8. The largest absolute Gasteiger partial charge is 0.463 e. The van der Waals surface area contributed by atoms with Gasteiger partial charge in [-0.05, 0) is 38.1 Å². The van der Waals surface area contributed by atoms with Crippen molar-refractivity contribution in [3.05, 3.63) is 52.4 Å². The molecule has 4 aromatic heterocycles. The zero-order valence-corrected chi connectivity index (χ0v) is 15.0. The average Bonchev–Trinajstić information content (AvgIpc) is 3.34. The molecule has 8 heteroatoms. The minimum absolute atomic E-state index is 0.214. The summed E-state index contributed by atoms with van der Waals surface area (Å²) < 4.78 is 11.0. The molecule has 0 saturated heterocycles. The van der Waals surface area contributed by atoms with Crippen LogP contribution >= 0.6 is 22.7 Å². The Morgan fingerprint density at radius 1 is 1.04 bits per heavy atom. The van der Waals surface area contributed by atoms with E-state index in [-0.39, 0.29) is 5.91 Å². The fourth-order valence-corrected chi connectivity index (χ4v) is 4.17. The molecule has 0 bridgehead atoms. The van der Waals surface area contributed by atoms with Gasteiger partial charge in [-0.25, -0.2) is 9.97 Å². The zero-order chi connectivity index (χ0) is 17.4. The predicted octanol–water partition coefficient (Wildman–Crippen LogP) is 4.99. The topological polar surface area (TPSA) is 81.2 Å². The summed E-state index contributed by atoms with van der Waals surface area (Å²) in [6.07, 6.45) is 3.19. The van der Waals surface area contributed by atoms with E-state index >= 15 is 0 Å². The van der Waals surface area contributed by atoms with Crippen LogP contribution in [0.1, 0.15) is 20.4 Å². The molecule has 0 aliphatic heterocycles. The third kappa shape index (κ3) is 3.01. The molecule has 0 aliphatic carbocycles. The molecule has 0 unspecified atom stereocenters. The Balaban J connectivity index is 1.70. The number of aryl methyl sites for hydroxylation is 2. The highest BCUT2D eigenvalue weighted by atomic mass is 32.1. The number of rotatable bonds is 4. The lowest BCUT2D eigenvalue weighted by Crippen LogP contribution is -2.11. The minimum Gasteiger partial charge on any atom is -0.463 e. The second-order valence-electron chi connectivity index (χ2n) is 5.25. The summed E-state index contributed by atoms with van der Waals surface area (Å²) in [7, 11) is 0. The van der Waals surface area contributed by atoms with Crippen LogP contribution in [0.3, 0.4) is 0 Å². The maximum absolute atomic E-state index is 12.5. The number of aromatic nitrogens is 2. The summed E-state index contributed by atoms with van der Waals surface area (Å²) in [5.41, 5.74) is 1.35. The van der Waals surface area contributed by atoms with Crippen molar-refractivity contribution in [2.24, 2.45) is 0 Å². The smallest absolute Gasteiger partial charge is 0.269 e. The first-order valence-corrected chi connectivity index (χ1v) is 9.09. The lowest BCUT2D eigenvalue weighted by molar-refractivity contribution is 0.103. The Kier molecular flexibility index (Phi) is 3.98. The molecular weight excluding hydrogens is 358 g/mol. The van der Waals surface area contributed by atoms with E-state index in [4.69, 9.17) is 8.83 Å². The van der Waals surface area contributed by atoms with E-state index in [0.29, 0.717) is 32.9 Å². The third-order valence-electron chi connectivity index (χ3n) is 3.46. The predicted molar refractivity (Wildman–Crippen MR) is 97.1 cm³/mol. The number of nitrogens with zero attached hydrogens (tertiary/aromatic N) is 2. The summed E-state index contributed by atoms with van der Waals surface area (Å²) >= 11 is 2.70. The van der Waals surface area contributed by atoms with Crippen molar-refractivity contribution in [1.29, 1.82) is 0 Å². The van der Waals surface area contributed by atoms with Gasteiger partial charge in [0.15, 0.2) is 10.9 Å². The van der Waals surface area contributed by atoms with Crippen molar-refractivity contribution in [2.45, 2.75) is 13.8 Å². The van der Waals surface area contributed by atoms with Crippen LogP contribution in [0.15, 0.2) is 45.6 Å². The average molecular weight is 371 g/mol. The van der Waals surface area contributed by atoms with Gasteiger partial charge in [0.2, 0.25) is 0 Å². The van der Waals surface area contributed by atoms with E-state index in [1.54, 1.807) is 18.6 Å². The molecule has 1 N–H and O–H groups in total. The molecule has 4 aromatic rings. The molecule has 0 saturated carbocycles. The van der Waals surface area contributed by atoms with Crippen LogP contribution in [-0.4, -0.2) is 15.9 Å². The molecule has 126 valence electrons. The molecule has 0 aromatic carbocycles. The first-order chi connectivity index (χ1) is 12.1. The lowest BCUT2D eigenvalue weighted by atomic mass is 10.2. The van der Waals surface area contributed by atoms with Crippen LogP contribution in [-0.2, 0) is 0 Å². The van der Waals surface area contributed by atoms with Gasteiger partial charge in [-0.3, -0.25) is 10.1 Å². The lowest BCUT2D eigenvalue weighted by Gasteiger charge is -1.98. The number of hydrogen-bond donors (Lipinski definition) is 1. The summed E-state index contributed by atoms with van der Waals surface area (Å²) in [5.74, 6) is 1.08. The van der Waals surface area contributed by atoms with Crippen molar-refractivity contribution >= 4 is 33.7 Å². The van der Waals surface area contributed by atoms with E-state index in [1.165, 1.54) is 22.7 Å². The van der Waals surface area contributed by atoms with Crippen molar-refractivity contribution < 1.29 is 13.6 Å². The van der Waals surface area contributed by atoms with E-state index in [1.807, 2.05) is 32.0 Å². The van der Waals surface area contributed by atoms with Crippen LogP contribution in [0, 0.1) is 13.8 Å². The Bertz CT molecular complexity index is 962. The summed E-state index contributed by atoms with van der Waals surface area (Å²) in [6.45, 7) is 3.70. The second kappa shape index (κ2) is 6.30. The van der Waals surface area contributed by atoms with Gasteiger partial charge in [0.25, 0.3) is 5.91 Å². The van der Waals surface area contributed by atoms with Gasteiger partial charge in [0, 0.05) is 0 Å². The van der Waals surface area contributed by atoms with Crippen LogP contribution in [0.5, 0.6) is 0 Å². The molecule has 0 atom stereocenters. The molecule has 0 aliphatic rings. The molecule has 4 heterocycles. The van der Waals surface area contributed by atoms with Gasteiger partial charge in [-0.15, -0.1) is 11.3 Å². The number of furan rings is 2. The standard InChI is InChI=1S/C17H13N3O3S2/c1-9-14(24-10(2)18-9)16(21)20-17-19-13(11-5-3-7-22-11)15(25-17)12-6-4-8-23-12/h3-8H,1-2H3,(H,19,20,21). The first-order valence-electron chi connectivity index (χ1n) is 7.46. The Morgan fingerprint density at radius 2 is 1.76 bits per heavy atom. The zero-order valence-electron chi connectivity index (χ0n) is 13.4. The van der Waals surface area contributed by atoms with E-state index < -0.39 is 0 Å². The van der Waals surface area contributed by atoms with Crippen molar-refractivity contribution in [2.75, 3.05) is 5.32 Å². The maximum atomic E-state index is 12.5. The van der Waals surface area contributed by atoms with Crippen LogP contribution in [0.2, 0.25) is 0 Å². The van der Waals surface area contributed by atoms with Gasteiger partial charge in [0.05, 0.1) is 23.2 Å². The van der Waals surface area contributed by atoms with Crippen molar-refractivity contribution in [1.82, 2.24) is 9.97 Å². The Morgan fingerprint density at radius 3 is 2.36 bits per heavy atom. The Labute approximate surface area is 151 Å². The molecule has 25 heavy (non-hydrogen) atoms. The van der Waals surface area contributed by atoms with Crippen LogP contribution in [0.4, 0.5) is 5.13 Å².